The fraction of sp³-hybridized carbons (Fsp3) is 0.867. The van der Waals surface area contributed by atoms with E-state index in [1.165, 1.54) is 0 Å². The zero-order valence-electron chi connectivity index (χ0n) is 13.8. The molecule has 0 aromatic carbocycles. The van der Waals surface area contributed by atoms with Crippen LogP contribution in [-0.4, -0.2) is 24.4 Å². The summed E-state index contributed by atoms with van der Waals surface area (Å²) < 4.78 is 0. The lowest BCUT2D eigenvalue weighted by molar-refractivity contribution is -0.125. The first-order valence-corrected chi connectivity index (χ1v) is 7.15. The van der Waals surface area contributed by atoms with E-state index in [0.29, 0.717) is 5.92 Å². The van der Waals surface area contributed by atoms with E-state index < -0.39 is 0 Å². The molecule has 0 aliphatic heterocycles. The summed E-state index contributed by atoms with van der Waals surface area (Å²) in [5, 5.41) is 5.65. The Morgan fingerprint density at radius 1 is 0.789 bits per heavy atom. The van der Waals surface area contributed by atoms with E-state index >= 15 is 0 Å². The molecule has 0 aliphatic carbocycles. The molecule has 0 saturated heterocycles. The van der Waals surface area contributed by atoms with Crippen LogP contribution >= 0.6 is 0 Å². The van der Waals surface area contributed by atoms with Gasteiger partial charge in [-0.1, -0.05) is 41.5 Å². The second kappa shape index (κ2) is 10.8. The minimum atomic E-state index is 0.104. The fourth-order valence-corrected chi connectivity index (χ4v) is 0.960. The van der Waals surface area contributed by atoms with Gasteiger partial charge in [-0.3, -0.25) is 9.59 Å². The smallest absolute Gasteiger partial charge is 0.222 e. The molecule has 0 aromatic heterocycles. The Balaban J connectivity index is 0. The average molecular weight is 272 g/mol. The molecule has 0 atom stereocenters. The highest BCUT2D eigenvalue weighted by molar-refractivity contribution is 5.78. The first-order valence-electron chi connectivity index (χ1n) is 7.15. The quantitative estimate of drug-likeness (QED) is 0.808. The molecule has 0 spiro atoms. The molecule has 0 radical (unpaired) electrons. The number of amides is 2. The van der Waals surface area contributed by atoms with Gasteiger partial charge in [-0.2, -0.15) is 0 Å². The first-order chi connectivity index (χ1) is 8.57. The molecule has 114 valence electrons. The van der Waals surface area contributed by atoms with Crippen molar-refractivity contribution in [2.45, 2.75) is 61.4 Å². The zero-order valence-corrected chi connectivity index (χ0v) is 13.8. The number of hydrogen-bond donors (Lipinski definition) is 2. The minimum absolute atomic E-state index is 0.104. The van der Waals surface area contributed by atoms with Crippen molar-refractivity contribution in [3.63, 3.8) is 0 Å². The summed E-state index contributed by atoms with van der Waals surface area (Å²) in [5.41, 5.74) is 0. The van der Waals surface area contributed by atoms with Gasteiger partial charge in [0.25, 0.3) is 0 Å². The number of nitrogens with one attached hydrogen (secondary N) is 2. The summed E-state index contributed by atoms with van der Waals surface area (Å²) in [6.07, 6.45) is 0. The van der Waals surface area contributed by atoms with Crippen LogP contribution < -0.4 is 10.6 Å². The number of rotatable bonds is 5. The fourth-order valence-electron chi connectivity index (χ4n) is 0.960. The normalized spacial score (nSPS) is 10.5. The van der Waals surface area contributed by atoms with Gasteiger partial charge < -0.3 is 10.6 Å². The molecule has 0 aromatic rings. The Bertz CT molecular complexity index is 259. The van der Waals surface area contributed by atoms with Crippen LogP contribution in [-0.2, 0) is 9.59 Å². The lowest BCUT2D eigenvalue weighted by atomic mass is 10.2. The van der Waals surface area contributed by atoms with Crippen LogP contribution in [0.2, 0.25) is 0 Å². The summed E-state index contributed by atoms with van der Waals surface area (Å²) in [6.45, 7) is 16.4. The monoisotopic (exact) mass is 272 g/mol. The van der Waals surface area contributed by atoms with E-state index in [0.717, 1.165) is 6.54 Å². The third kappa shape index (κ3) is 14.9. The maximum atomic E-state index is 10.9. The molecule has 0 unspecified atom stereocenters. The third-order valence-electron chi connectivity index (χ3n) is 2.16. The molecule has 2 N–H and O–H groups in total. The van der Waals surface area contributed by atoms with Crippen LogP contribution in [0.4, 0.5) is 0 Å². The van der Waals surface area contributed by atoms with Crippen molar-refractivity contribution in [1.82, 2.24) is 10.6 Å². The summed E-state index contributed by atoms with van der Waals surface area (Å²) in [5.74, 6) is 1.03. The highest BCUT2D eigenvalue weighted by Crippen LogP contribution is 1.93. The van der Waals surface area contributed by atoms with Gasteiger partial charge in [0.15, 0.2) is 0 Å². The van der Waals surface area contributed by atoms with Crippen LogP contribution in [0.5, 0.6) is 0 Å². The minimum Gasteiger partial charge on any atom is -0.356 e. The Hall–Kier alpha value is -1.06. The predicted molar refractivity (Wildman–Crippen MR) is 80.8 cm³/mol. The molecule has 4 heteroatoms. The second-order valence-corrected chi connectivity index (χ2v) is 6.11. The highest BCUT2D eigenvalue weighted by atomic mass is 16.2. The Morgan fingerprint density at radius 3 is 1.42 bits per heavy atom. The molecule has 0 saturated carbocycles. The van der Waals surface area contributed by atoms with E-state index in [-0.39, 0.29) is 29.7 Å². The van der Waals surface area contributed by atoms with E-state index in [2.05, 4.69) is 24.5 Å². The topological polar surface area (TPSA) is 58.2 Å². The third-order valence-corrected chi connectivity index (χ3v) is 2.16. The van der Waals surface area contributed by atoms with E-state index in [9.17, 15) is 9.59 Å². The molecule has 0 fully saturated rings. The maximum Gasteiger partial charge on any atom is 0.222 e. The van der Waals surface area contributed by atoms with Crippen molar-refractivity contribution in [1.29, 1.82) is 0 Å². The zero-order chi connectivity index (χ0) is 15.6. The molecule has 0 aliphatic rings. The van der Waals surface area contributed by atoms with Crippen LogP contribution in [0.25, 0.3) is 0 Å². The molecular formula is C15H32N2O2. The predicted octanol–water partition coefficient (Wildman–Crippen LogP) is 2.58. The van der Waals surface area contributed by atoms with E-state index in [1.807, 2.05) is 41.5 Å². The molecule has 0 heterocycles. The van der Waals surface area contributed by atoms with Crippen molar-refractivity contribution >= 4 is 11.8 Å². The van der Waals surface area contributed by atoms with Crippen molar-refractivity contribution in [3.8, 4) is 0 Å². The Labute approximate surface area is 118 Å². The largest absolute Gasteiger partial charge is 0.356 e. The van der Waals surface area contributed by atoms with Gasteiger partial charge in [-0.25, -0.2) is 0 Å². The van der Waals surface area contributed by atoms with E-state index in [4.69, 9.17) is 0 Å². The summed E-state index contributed by atoms with van der Waals surface area (Å²) in [6, 6.07) is 0.264. The molecule has 19 heavy (non-hydrogen) atoms. The van der Waals surface area contributed by atoms with Crippen molar-refractivity contribution < 1.29 is 9.59 Å². The summed E-state index contributed by atoms with van der Waals surface area (Å²) >= 11 is 0. The Kier molecular flexibility index (Phi) is 11.5. The van der Waals surface area contributed by atoms with Crippen molar-refractivity contribution in [2.24, 2.45) is 17.8 Å². The van der Waals surface area contributed by atoms with Crippen LogP contribution in [0.15, 0.2) is 0 Å². The van der Waals surface area contributed by atoms with Crippen molar-refractivity contribution in [3.05, 3.63) is 0 Å². The molecule has 0 rings (SSSR count). The van der Waals surface area contributed by atoms with Crippen molar-refractivity contribution in [2.75, 3.05) is 6.54 Å². The number of carbonyl (C=O) groups is 2. The second-order valence-electron chi connectivity index (χ2n) is 6.11. The van der Waals surface area contributed by atoms with Gasteiger partial charge in [0.05, 0.1) is 0 Å². The number of hydrogen-bond acceptors (Lipinski definition) is 2. The molecular weight excluding hydrogens is 240 g/mol. The van der Waals surface area contributed by atoms with Gasteiger partial charge in [-0.05, 0) is 19.8 Å². The SMILES string of the molecule is CC(C)CNC(=O)C(C)C.CC(C)NC(=O)C(C)C. The van der Waals surface area contributed by atoms with Gasteiger partial charge >= 0.3 is 0 Å². The maximum absolute atomic E-state index is 10.9. The molecule has 0 bridgehead atoms. The number of carbonyl (C=O) groups excluding carboxylic acids is 2. The summed E-state index contributed by atoms with van der Waals surface area (Å²) in [4.78, 5) is 21.8. The summed E-state index contributed by atoms with van der Waals surface area (Å²) in [7, 11) is 0. The average Bonchev–Trinajstić information content (AvgIpc) is 2.25. The standard InChI is InChI=1S/C8H17NO.C7H15NO/c1-6(2)5-9-8(10)7(3)4;1-5(2)7(9)8-6(3)4/h6-7H,5H2,1-4H3,(H,9,10);5-6H,1-4H3,(H,8,9). The lowest BCUT2D eigenvalue weighted by Gasteiger charge is -2.09. The lowest BCUT2D eigenvalue weighted by Crippen LogP contribution is -2.33. The van der Waals surface area contributed by atoms with Gasteiger partial charge in [-0.15, -0.1) is 0 Å². The van der Waals surface area contributed by atoms with Gasteiger partial charge in [0, 0.05) is 24.4 Å². The molecule has 2 amide bonds. The highest BCUT2D eigenvalue weighted by Gasteiger charge is 2.06. The Morgan fingerprint density at radius 2 is 1.21 bits per heavy atom. The van der Waals surface area contributed by atoms with Gasteiger partial charge in [0.1, 0.15) is 0 Å². The van der Waals surface area contributed by atoms with Crippen LogP contribution in [0.3, 0.4) is 0 Å². The first kappa shape index (κ1) is 20.3. The molecule has 4 nitrogen and oxygen atoms in total. The van der Waals surface area contributed by atoms with Crippen LogP contribution in [0.1, 0.15) is 55.4 Å². The van der Waals surface area contributed by atoms with E-state index in [1.54, 1.807) is 0 Å². The van der Waals surface area contributed by atoms with Crippen LogP contribution in [0, 0.1) is 17.8 Å². The van der Waals surface area contributed by atoms with Gasteiger partial charge in [0.2, 0.25) is 11.8 Å².